The lowest BCUT2D eigenvalue weighted by molar-refractivity contribution is 0.432. The van der Waals surface area contributed by atoms with Gasteiger partial charge in [-0.2, -0.15) is 16.1 Å². The Balaban J connectivity index is 2.11. The number of sulfonamides is 1. The van der Waals surface area contributed by atoms with Crippen LogP contribution in [0.1, 0.15) is 6.42 Å². The number of thioether (sulfide) groups is 1. The zero-order valence-corrected chi connectivity index (χ0v) is 12.5. The first-order chi connectivity index (χ1) is 9.60. The fourth-order valence-electron chi connectivity index (χ4n) is 2.33. The minimum Gasteiger partial charge on any atom is -0.381 e. The molecule has 0 bridgehead atoms. The van der Waals surface area contributed by atoms with Gasteiger partial charge in [0.1, 0.15) is 5.65 Å². The number of nitrogens with zero attached hydrogens (tertiary/aromatic N) is 3. The Kier molecular flexibility index (Phi) is 3.61. The van der Waals surface area contributed by atoms with E-state index in [0.717, 1.165) is 17.9 Å². The van der Waals surface area contributed by atoms with Crippen molar-refractivity contribution < 1.29 is 8.42 Å². The number of aromatic nitrogens is 2. The van der Waals surface area contributed by atoms with Gasteiger partial charge in [-0.25, -0.2) is 13.4 Å². The van der Waals surface area contributed by atoms with Crippen LogP contribution in [0.2, 0.25) is 0 Å². The van der Waals surface area contributed by atoms with Crippen LogP contribution in [0, 0.1) is 0 Å². The highest BCUT2D eigenvalue weighted by Crippen LogP contribution is 2.25. The first-order valence-corrected chi connectivity index (χ1v) is 9.00. The van der Waals surface area contributed by atoms with Crippen molar-refractivity contribution in [3.63, 3.8) is 0 Å². The maximum atomic E-state index is 12.8. The first kappa shape index (κ1) is 13.7. The van der Waals surface area contributed by atoms with Crippen LogP contribution in [0.25, 0.3) is 5.65 Å². The summed E-state index contributed by atoms with van der Waals surface area (Å²) in [7, 11) is -3.60. The van der Waals surface area contributed by atoms with E-state index in [0.29, 0.717) is 18.7 Å². The Hall–Kier alpha value is -1.25. The Labute approximate surface area is 122 Å². The summed E-state index contributed by atoms with van der Waals surface area (Å²) in [6.45, 7) is 1.06. The number of rotatable bonds is 2. The van der Waals surface area contributed by atoms with E-state index in [1.807, 2.05) is 0 Å². The molecule has 1 fully saturated rings. The monoisotopic (exact) mass is 312 g/mol. The molecule has 0 amide bonds. The lowest BCUT2D eigenvalue weighted by atomic mass is 10.5. The molecule has 0 saturated carbocycles. The van der Waals surface area contributed by atoms with E-state index in [1.54, 1.807) is 40.6 Å². The third-order valence-corrected chi connectivity index (χ3v) is 6.26. The summed E-state index contributed by atoms with van der Waals surface area (Å²) >= 11 is 1.78. The highest BCUT2D eigenvalue weighted by molar-refractivity contribution is 7.99. The summed E-state index contributed by atoms with van der Waals surface area (Å²) in [6.07, 6.45) is 2.54. The number of fused-ring (bicyclic) bond motifs is 1. The van der Waals surface area contributed by atoms with Crippen LogP contribution < -0.4 is 5.73 Å². The molecule has 3 rings (SSSR count). The molecule has 6 nitrogen and oxygen atoms in total. The molecule has 1 aliphatic heterocycles. The second-order valence-electron chi connectivity index (χ2n) is 4.60. The zero-order valence-electron chi connectivity index (χ0n) is 10.9. The average molecular weight is 312 g/mol. The second-order valence-corrected chi connectivity index (χ2v) is 7.68. The average Bonchev–Trinajstić information content (AvgIpc) is 2.61. The van der Waals surface area contributed by atoms with Crippen molar-refractivity contribution in [2.75, 3.05) is 30.3 Å². The zero-order chi connectivity index (χ0) is 14.2. The molecule has 0 radical (unpaired) electrons. The Morgan fingerprint density at radius 3 is 2.95 bits per heavy atom. The van der Waals surface area contributed by atoms with Gasteiger partial charge in [0.15, 0.2) is 10.8 Å². The fourth-order valence-corrected chi connectivity index (χ4v) is 4.99. The predicted molar refractivity (Wildman–Crippen MR) is 80.3 cm³/mol. The summed E-state index contributed by atoms with van der Waals surface area (Å²) in [6, 6.07) is 5.32. The van der Waals surface area contributed by atoms with E-state index in [2.05, 4.69) is 4.98 Å². The molecule has 2 aromatic rings. The normalized spacial score (nSPS) is 18.2. The molecule has 1 aliphatic rings. The molecule has 1 saturated heterocycles. The molecule has 2 N–H and O–H groups in total. The number of anilines is 1. The van der Waals surface area contributed by atoms with E-state index < -0.39 is 10.0 Å². The van der Waals surface area contributed by atoms with Gasteiger partial charge in [0.05, 0.1) is 0 Å². The van der Waals surface area contributed by atoms with Crippen molar-refractivity contribution >= 4 is 33.3 Å². The van der Waals surface area contributed by atoms with Gasteiger partial charge >= 0.3 is 0 Å². The summed E-state index contributed by atoms with van der Waals surface area (Å²) in [4.78, 5) is 4.13. The van der Waals surface area contributed by atoms with E-state index in [-0.39, 0.29) is 10.8 Å². The molecular formula is C12H16N4O2S2. The Morgan fingerprint density at radius 1 is 1.25 bits per heavy atom. The smallest absolute Gasteiger partial charge is 0.262 e. The molecule has 20 heavy (non-hydrogen) atoms. The molecule has 8 heteroatoms. The van der Waals surface area contributed by atoms with Gasteiger partial charge in [-0.05, 0) is 24.3 Å². The largest absolute Gasteiger partial charge is 0.381 e. The summed E-state index contributed by atoms with van der Waals surface area (Å²) < 4.78 is 28.7. The number of imidazole rings is 1. The van der Waals surface area contributed by atoms with Crippen LogP contribution in [0.5, 0.6) is 0 Å². The molecule has 0 aliphatic carbocycles. The van der Waals surface area contributed by atoms with Gasteiger partial charge in [-0.1, -0.05) is 6.07 Å². The predicted octanol–water partition coefficient (Wildman–Crippen LogP) is 1.04. The standard InChI is InChI=1S/C12H16N4O2S2/c13-11-12(16-6-2-1-4-10(16)14-11)20(17,18)15-5-3-8-19-9-7-15/h1-2,4,6H,3,5,7-9,13H2. The molecule has 0 aromatic carbocycles. The maximum absolute atomic E-state index is 12.8. The third kappa shape index (κ3) is 2.27. The topological polar surface area (TPSA) is 80.7 Å². The van der Waals surface area contributed by atoms with Gasteiger partial charge in [-0.15, -0.1) is 0 Å². The van der Waals surface area contributed by atoms with Crippen molar-refractivity contribution in [2.45, 2.75) is 11.4 Å². The van der Waals surface area contributed by atoms with Gasteiger partial charge in [0.25, 0.3) is 10.0 Å². The van der Waals surface area contributed by atoms with Crippen molar-refractivity contribution in [1.29, 1.82) is 0 Å². The van der Waals surface area contributed by atoms with E-state index in [9.17, 15) is 8.42 Å². The van der Waals surface area contributed by atoms with Crippen molar-refractivity contribution in [1.82, 2.24) is 13.7 Å². The van der Waals surface area contributed by atoms with Crippen molar-refractivity contribution in [3.8, 4) is 0 Å². The summed E-state index contributed by atoms with van der Waals surface area (Å²) in [5.41, 5.74) is 6.39. The van der Waals surface area contributed by atoms with Crippen LogP contribution in [-0.4, -0.2) is 46.7 Å². The van der Waals surface area contributed by atoms with Crippen molar-refractivity contribution in [2.24, 2.45) is 0 Å². The summed E-state index contributed by atoms with van der Waals surface area (Å²) in [5, 5.41) is 0.0833. The minimum absolute atomic E-state index is 0.0631. The third-order valence-electron chi connectivity index (χ3n) is 3.28. The highest BCUT2D eigenvalue weighted by atomic mass is 32.2. The van der Waals surface area contributed by atoms with E-state index in [4.69, 9.17) is 5.73 Å². The molecule has 0 atom stereocenters. The molecule has 2 aromatic heterocycles. The second kappa shape index (κ2) is 5.27. The van der Waals surface area contributed by atoms with Crippen LogP contribution in [0.15, 0.2) is 29.4 Å². The molecule has 0 unspecified atom stereocenters. The van der Waals surface area contributed by atoms with Gasteiger partial charge in [0, 0.05) is 25.0 Å². The van der Waals surface area contributed by atoms with Crippen LogP contribution in [0.3, 0.4) is 0 Å². The first-order valence-electron chi connectivity index (χ1n) is 6.41. The number of hydrogen-bond acceptors (Lipinski definition) is 5. The molecular weight excluding hydrogens is 296 g/mol. The fraction of sp³-hybridized carbons (Fsp3) is 0.417. The molecule has 0 spiro atoms. The lowest BCUT2D eigenvalue weighted by Crippen LogP contribution is -2.34. The van der Waals surface area contributed by atoms with Gasteiger partial charge < -0.3 is 5.73 Å². The van der Waals surface area contributed by atoms with Crippen molar-refractivity contribution in [3.05, 3.63) is 24.4 Å². The Morgan fingerprint density at radius 2 is 2.10 bits per heavy atom. The highest BCUT2D eigenvalue weighted by Gasteiger charge is 2.31. The van der Waals surface area contributed by atoms with Crippen LogP contribution in [0.4, 0.5) is 5.82 Å². The minimum atomic E-state index is -3.60. The number of nitrogens with two attached hydrogens (primary N) is 1. The van der Waals surface area contributed by atoms with Crippen LogP contribution in [-0.2, 0) is 10.0 Å². The van der Waals surface area contributed by atoms with Gasteiger partial charge in [-0.3, -0.25) is 4.40 Å². The number of nitrogen functional groups attached to an aromatic ring is 1. The SMILES string of the molecule is Nc1nc2ccccn2c1S(=O)(=O)N1CCCSCC1. The van der Waals surface area contributed by atoms with E-state index in [1.165, 1.54) is 4.31 Å². The number of pyridine rings is 1. The Bertz CT molecular complexity index is 718. The van der Waals surface area contributed by atoms with Gasteiger partial charge in [0.2, 0.25) is 0 Å². The quantitative estimate of drug-likeness (QED) is 0.896. The lowest BCUT2D eigenvalue weighted by Gasteiger charge is -2.19. The van der Waals surface area contributed by atoms with Crippen LogP contribution >= 0.6 is 11.8 Å². The maximum Gasteiger partial charge on any atom is 0.262 e. The molecule has 108 valence electrons. The molecule has 3 heterocycles. The number of hydrogen-bond donors (Lipinski definition) is 1. The van der Waals surface area contributed by atoms with E-state index >= 15 is 0 Å². The summed E-state index contributed by atoms with van der Waals surface area (Å²) in [5.74, 6) is 1.87.